The second kappa shape index (κ2) is 21.3. The maximum absolute atomic E-state index is 17.3. The Bertz CT molecular complexity index is 3200. The average Bonchev–Trinajstić information content (AvgIpc) is 4.06. The minimum Gasteiger partial charge on any atom is -0.508 e. The van der Waals surface area contributed by atoms with Crippen molar-refractivity contribution >= 4 is 70.9 Å². The van der Waals surface area contributed by atoms with Gasteiger partial charge in [0.2, 0.25) is 0 Å². The molecule has 386 valence electrons. The number of amides is 2. The van der Waals surface area contributed by atoms with Crippen LogP contribution in [0.2, 0.25) is 0 Å². The van der Waals surface area contributed by atoms with Gasteiger partial charge in [0.05, 0.1) is 19.5 Å². The second-order valence-electron chi connectivity index (χ2n) is 17.1. The molecule has 3 saturated heterocycles. The van der Waals surface area contributed by atoms with Gasteiger partial charge >= 0.3 is 19.6 Å². The summed E-state index contributed by atoms with van der Waals surface area (Å²) in [6, 6.07) is 23.0. The molecule has 0 aliphatic carbocycles. The summed E-state index contributed by atoms with van der Waals surface area (Å²) in [6.07, 6.45) is -11.5. The van der Waals surface area contributed by atoms with E-state index in [4.69, 9.17) is 33.3 Å². The number of urea groups is 1. The summed E-state index contributed by atoms with van der Waals surface area (Å²) in [5.41, 5.74) is 8.48. The fraction of sp³-hybridized carbons (Fsp3) is 0.277. The van der Waals surface area contributed by atoms with Gasteiger partial charge < -0.3 is 35.8 Å². The van der Waals surface area contributed by atoms with Crippen molar-refractivity contribution in [2.45, 2.75) is 66.9 Å². The monoisotopic (exact) mass is 1090 g/mol. The predicted molar refractivity (Wildman–Crippen MR) is 263 cm³/mol. The summed E-state index contributed by atoms with van der Waals surface area (Å²) in [7, 11) is 0. The van der Waals surface area contributed by atoms with E-state index in [1.165, 1.54) is 83.7 Å². The third-order valence-electron chi connectivity index (χ3n) is 12.2. The normalized spacial score (nSPS) is 29.2. The van der Waals surface area contributed by atoms with Gasteiger partial charge in [-0.2, -0.15) is 0 Å². The Balaban J connectivity index is 0.965. The maximum Gasteiger partial charge on any atom is 0.390 e. The van der Waals surface area contributed by atoms with Crippen molar-refractivity contribution in [2.24, 2.45) is 0 Å². The van der Waals surface area contributed by atoms with E-state index in [2.05, 4.69) is 20.3 Å². The summed E-state index contributed by atoms with van der Waals surface area (Å²) in [4.78, 5) is 52.8. The number of ether oxygens (including phenoxy) is 2. The van der Waals surface area contributed by atoms with Crippen molar-refractivity contribution in [3.63, 3.8) is 0 Å². The molecule has 6 aromatic rings. The van der Waals surface area contributed by atoms with Crippen molar-refractivity contribution < 1.29 is 75.2 Å². The summed E-state index contributed by atoms with van der Waals surface area (Å²) in [6.45, 7) is -11.1. The summed E-state index contributed by atoms with van der Waals surface area (Å²) in [5, 5.41) is 31.7. The number of hydrogen-bond donors (Lipinski definition) is 5. The number of imidazole rings is 1. The van der Waals surface area contributed by atoms with E-state index < -0.39 is 88.3 Å². The standard InChI is InChI=1S/C47H43F2N7O14P2S2/c48-36-33-19-65-71(63,73-21-25-1-5-27(6-2-25)39(60)29-9-13-31(57)14-10-29)69-41-34(68-45(37(41)49)56-24-53-38-43(50)51-23-52-44(38)56)20-66-72(64,70-42(36)46(67-33)55-18-17-35(59)54-47(55)62)74-22-26-3-7-28(8-4-26)40(61)30-11-15-32(58)16-12-30/h1-18,23-24,33-37,41-42,45-46,57-59H,19-22H2,(H,54,62)(H2,50,51,52)/t33-,34-,35?,36-,37-,41-,42-,45-,46-,71?,72?/m1/s1. The van der Waals surface area contributed by atoms with E-state index in [0.29, 0.717) is 56.1 Å². The lowest BCUT2D eigenvalue weighted by Crippen LogP contribution is -2.53. The lowest BCUT2D eigenvalue weighted by Gasteiger charge is -2.33. The third kappa shape index (κ3) is 10.9. The fourth-order valence-electron chi connectivity index (χ4n) is 8.29. The molecule has 2 amide bonds. The van der Waals surface area contributed by atoms with Gasteiger partial charge in [-0.3, -0.25) is 37.2 Å². The van der Waals surface area contributed by atoms with Crippen LogP contribution in [0.1, 0.15) is 49.2 Å². The van der Waals surface area contributed by atoms with Gasteiger partial charge in [-0.05, 0) is 88.5 Å². The Morgan fingerprint density at radius 2 is 1.20 bits per heavy atom. The predicted octanol–water partition coefficient (Wildman–Crippen LogP) is 7.34. The molecule has 6 heterocycles. The Kier molecular flexibility index (Phi) is 14.8. The van der Waals surface area contributed by atoms with Crippen LogP contribution in [-0.2, 0) is 48.2 Å². The molecule has 0 spiro atoms. The number of nitrogens with zero attached hydrogens (tertiary/aromatic N) is 5. The molecule has 3 unspecified atom stereocenters. The highest BCUT2D eigenvalue weighted by Gasteiger charge is 2.56. The van der Waals surface area contributed by atoms with Gasteiger partial charge in [0, 0.05) is 40.0 Å². The zero-order valence-electron chi connectivity index (χ0n) is 38.2. The van der Waals surface area contributed by atoms with Crippen molar-refractivity contribution in [3.8, 4) is 11.5 Å². The van der Waals surface area contributed by atoms with Crippen LogP contribution in [0, 0.1) is 0 Å². The van der Waals surface area contributed by atoms with Crippen LogP contribution in [0.25, 0.3) is 11.2 Å². The van der Waals surface area contributed by atoms with E-state index in [-0.39, 0.29) is 51.6 Å². The number of aliphatic hydroxyl groups excluding tert-OH is 1. The lowest BCUT2D eigenvalue weighted by molar-refractivity contribution is -0.0684. The largest absolute Gasteiger partial charge is 0.508 e. The van der Waals surface area contributed by atoms with Crippen LogP contribution in [0.4, 0.5) is 19.4 Å². The van der Waals surface area contributed by atoms with Gasteiger partial charge in [-0.1, -0.05) is 48.5 Å². The van der Waals surface area contributed by atoms with Gasteiger partial charge in [0.1, 0.15) is 54.0 Å². The summed E-state index contributed by atoms with van der Waals surface area (Å²) in [5.74, 6) is -0.968. The molecule has 21 nitrogen and oxygen atoms in total. The molecule has 0 saturated carbocycles. The zero-order chi connectivity index (χ0) is 51.9. The van der Waals surface area contributed by atoms with E-state index in [1.807, 2.05) is 0 Å². The molecule has 10 rings (SSSR count). The van der Waals surface area contributed by atoms with Crippen molar-refractivity contribution in [3.05, 3.63) is 155 Å². The number of phenolic OH excluding ortho intramolecular Hbond substituents is 2. The molecule has 2 aromatic heterocycles. The second-order valence-corrected chi connectivity index (χ2v) is 25.1. The van der Waals surface area contributed by atoms with Gasteiger partial charge in [0.15, 0.2) is 47.8 Å². The molecule has 6 N–H and O–H groups in total. The number of alkyl halides is 2. The quantitative estimate of drug-likeness (QED) is 0.0592. The zero-order valence-corrected chi connectivity index (χ0v) is 41.6. The molecular formula is C47H43F2N7O14P2S2. The molecular weight excluding hydrogens is 1050 g/mol. The highest BCUT2D eigenvalue weighted by molar-refractivity contribution is 8.55. The number of anilines is 1. The van der Waals surface area contributed by atoms with E-state index in [0.717, 1.165) is 23.5 Å². The molecule has 4 aliphatic rings. The number of ketones is 2. The number of carbonyl (C=O) groups excluding carboxylic acids is 3. The molecule has 11 atom stereocenters. The number of nitrogens with one attached hydrogen (secondary N) is 1. The van der Waals surface area contributed by atoms with Crippen LogP contribution in [0.3, 0.4) is 0 Å². The highest BCUT2D eigenvalue weighted by atomic mass is 32.7. The number of phenols is 2. The van der Waals surface area contributed by atoms with E-state index in [9.17, 15) is 29.7 Å². The molecule has 3 fully saturated rings. The van der Waals surface area contributed by atoms with Crippen molar-refractivity contribution in [1.82, 2.24) is 29.7 Å². The highest BCUT2D eigenvalue weighted by Crippen LogP contribution is 2.67. The number of halogens is 2. The molecule has 4 aliphatic heterocycles. The van der Waals surface area contributed by atoms with Crippen LogP contribution in [0.5, 0.6) is 11.5 Å². The Hall–Kier alpha value is -6.08. The average molecular weight is 1090 g/mol. The minimum atomic E-state index is -4.74. The first-order chi connectivity index (χ1) is 35.5. The number of aromatic hydroxyl groups is 2. The topological polar surface area (TPSA) is 286 Å². The number of hydrogen-bond acceptors (Lipinski definition) is 20. The third-order valence-corrected chi connectivity index (χ3v) is 19.5. The number of aliphatic hydroxyl groups is 1. The molecule has 27 heteroatoms. The van der Waals surface area contributed by atoms with Gasteiger partial charge in [0.25, 0.3) is 0 Å². The fourth-order valence-corrected chi connectivity index (χ4v) is 15.0. The van der Waals surface area contributed by atoms with E-state index in [1.54, 1.807) is 24.3 Å². The number of fused-ring (bicyclic) bond motifs is 4. The Labute approximate surface area is 426 Å². The van der Waals surface area contributed by atoms with Crippen LogP contribution < -0.4 is 11.1 Å². The first kappa shape index (κ1) is 51.4. The van der Waals surface area contributed by atoms with Crippen molar-refractivity contribution in [2.75, 3.05) is 18.9 Å². The molecule has 2 bridgehead atoms. The number of nitrogens with two attached hydrogens (primary N) is 1. The maximum atomic E-state index is 17.3. The SMILES string of the molecule is Nc1ncnc2c1ncn2[C@@H]1O[C@@H]2COP(=O)(SCc3ccc(C(=O)c4ccc(O)cc4)cc3)O[C@@H]3[C@H](F)[C@@H](COP(=O)(SCc4ccc(C(=O)c5ccc(O)cc5)cc4)O[C@H]2[C@H]1F)O[C@H]3N1C=CC(O)NC1=O. The van der Waals surface area contributed by atoms with E-state index >= 15 is 17.9 Å². The number of benzene rings is 4. The number of nitrogen functional groups attached to an aromatic ring is 1. The lowest BCUT2D eigenvalue weighted by atomic mass is 10.0. The van der Waals surface area contributed by atoms with Crippen LogP contribution in [-0.4, -0.2) is 120 Å². The first-order valence-corrected chi connectivity index (χ1v) is 28.8. The Morgan fingerprint density at radius 1 is 0.703 bits per heavy atom. The summed E-state index contributed by atoms with van der Waals surface area (Å²) < 4.78 is 103. The molecule has 4 aromatic carbocycles. The number of aromatic nitrogens is 4. The van der Waals surface area contributed by atoms with Crippen LogP contribution >= 0.6 is 36.4 Å². The van der Waals surface area contributed by atoms with Crippen LogP contribution in [0.15, 0.2) is 122 Å². The number of rotatable bonds is 12. The minimum absolute atomic E-state index is 0.0114. The van der Waals surface area contributed by atoms with Gasteiger partial charge in [-0.25, -0.2) is 37.7 Å². The first-order valence-electron chi connectivity index (χ1n) is 22.5. The van der Waals surface area contributed by atoms with Crippen molar-refractivity contribution in [1.29, 1.82) is 0 Å². The van der Waals surface area contributed by atoms with Gasteiger partial charge in [-0.15, -0.1) is 0 Å². The summed E-state index contributed by atoms with van der Waals surface area (Å²) >= 11 is 1.20. The number of carbonyl (C=O) groups is 3. The smallest absolute Gasteiger partial charge is 0.390 e. The molecule has 0 radical (unpaired) electrons. The molecule has 74 heavy (non-hydrogen) atoms. The Morgan fingerprint density at radius 3 is 1.74 bits per heavy atom.